The molecule has 0 unspecified atom stereocenters. The molecule has 1 saturated carbocycles. The second kappa shape index (κ2) is 3.96. The van der Waals surface area contributed by atoms with Crippen molar-refractivity contribution >= 4 is 11.7 Å². The Hall–Kier alpha value is -1.69. The molecule has 1 aromatic heterocycles. The highest BCUT2D eigenvalue weighted by Gasteiger charge is 2.39. The van der Waals surface area contributed by atoms with Gasteiger partial charge in [0, 0.05) is 11.1 Å². The fourth-order valence-corrected chi connectivity index (χ4v) is 1.74. The minimum Gasteiger partial charge on any atom is -0.481 e. The molecule has 6 heteroatoms. The molecule has 1 fully saturated rings. The summed E-state index contributed by atoms with van der Waals surface area (Å²) in [7, 11) is 0. The summed E-state index contributed by atoms with van der Waals surface area (Å²) in [5.41, 5.74) is 11.9. The van der Waals surface area contributed by atoms with Crippen LogP contribution in [-0.4, -0.2) is 21.6 Å². The van der Waals surface area contributed by atoms with Crippen molar-refractivity contribution < 1.29 is 14.3 Å². The maximum Gasteiger partial charge on any atom is 0.309 e. The second-order valence-corrected chi connectivity index (χ2v) is 4.55. The van der Waals surface area contributed by atoms with E-state index in [1.54, 1.807) is 0 Å². The molecule has 1 aliphatic rings. The third-order valence-corrected chi connectivity index (χ3v) is 3.00. The molecule has 0 radical (unpaired) electrons. The number of aliphatic carboxylic acids is 1. The number of nitrogens with two attached hydrogens (primary N) is 2. The van der Waals surface area contributed by atoms with Crippen LogP contribution in [0.25, 0.3) is 0 Å². The molecule has 17 heavy (non-hydrogen) atoms. The summed E-state index contributed by atoms with van der Waals surface area (Å²) in [6, 6.07) is 0. The normalized spacial score (nSPS) is 16.8. The van der Waals surface area contributed by atoms with Crippen LogP contribution in [-0.2, 0) is 17.6 Å². The molecule has 92 valence electrons. The predicted molar refractivity (Wildman–Crippen MR) is 59.8 cm³/mol. The summed E-state index contributed by atoms with van der Waals surface area (Å²) >= 11 is 0. The molecule has 0 spiro atoms. The van der Waals surface area contributed by atoms with E-state index in [9.17, 15) is 9.18 Å². The van der Waals surface area contributed by atoms with Gasteiger partial charge in [0.25, 0.3) is 0 Å². The van der Waals surface area contributed by atoms with E-state index in [4.69, 9.17) is 16.6 Å². The van der Waals surface area contributed by atoms with Crippen molar-refractivity contribution in [3.63, 3.8) is 0 Å². The monoisotopic (exact) mass is 239 g/mol. The summed E-state index contributed by atoms with van der Waals surface area (Å²) in [6.07, 6.45) is 2.71. The summed E-state index contributed by atoms with van der Waals surface area (Å²) in [5, 5.41) is 8.68. The highest BCUT2D eigenvalue weighted by Crippen LogP contribution is 2.37. The second-order valence-electron chi connectivity index (χ2n) is 4.55. The van der Waals surface area contributed by atoms with Gasteiger partial charge in [-0.2, -0.15) is 0 Å². The first-order valence-corrected chi connectivity index (χ1v) is 5.34. The van der Waals surface area contributed by atoms with Crippen molar-refractivity contribution in [1.29, 1.82) is 0 Å². The Morgan fingerprint density at radius 1 is 1.59 bits per heavy atom. The molecule has 0 amide bonds. The lowest BCUT2D eigenvalue weighted by Crippen LogP contribution is -2.26. The molecule has 1 heterocycles. The van der Waals surface area contributed by atoms with E-state index >= 15 is 0 Å². The minimum absolute atomic E-state index is 0.115. The number of carbonyl (C=O) groups is 1. The maximum absolute atomic E-state index is 13.6. The molecule has 0 bridgehead atoms. The van der Waals surface area contributed by atoms with Gasteiger partial charge in [-0.1, -0.05) is 0 Å². The smallest absolute Gasteiger partial charge is 0.309 e. The van der Waals surface area contributed by atoms with Gasteiger partial charge in [0.05, 0.1) is 24.0 Å². The summed E-state index contributed by atoms with van der Waals surface area (Å²) < 4.78 is 13.6. The van der Waals surface area contributed by atoms with Crippen LogP contribution in [0.3, 0.4) is 0 Å². The molecule has 0 saturated heterocycles. The third-order valence-electron chi connectivity index (χ3n) is 3.00. The fourth-order valence-electron chi connectivity index (χ4n) is 1.74. The van der Waals surface area contributed by atoms with E-state index in [2.05, 4.69) is 4.98 Å². The zero-order valence-electron chi connectivity index (χ0n) is 9.24. The van der Waals surface area contributed by atoms with Gasteiger partial charge < -0.3 is 16.6 Å². The molecule has 5 N–H and O–H groups in total. The maximum atomic E-state index is 13.6. The van der Waals surface area contributed by atoms with Crippen molar-refractivity contribution in [3.8, 4) is 0 Å². The van der Waals surface area contributed by atoms with E-state index in [1.807, 2.05) is 0 Å². The number of rotatable bonds is 4. The first-order chi connectivity index (χ1) is 7.91. The quantitative estimate of drug-likeness (QED) is 0.708. The van der Waals surface area contributed by atoms with E-state index in [1.165, 1.54) is 0 Å². The van der Waals surface area contributed by atoms with Gasteiger partial charge in [0.15, 0.2) is 0 Å². The van der Waals surface area contributed by atoms with E-state index in [0.29, 0.717) is 6.42 Å². The molecular weight excluding hydrogens is 225 g/mol. The SMILES string of the molecule is Nc1c(CC(=O)O)ncc(F)c1CC1(N)CC1. The first-order valence-electron chi connectivity index (χ1n) is 5.34. The van der Waals surface area contributed by atoms with Crippen LogP contribution >= 0.6 is 0 Å². The van der Waals surface area contributed by atoms with Gasteiger partial charge in [0.1, 0.15) is 5.82 Å². The molecule has 0 aliphatic heterocycles. The molecule has 5 nitrogen and oxygen atoms in total. The van der Waals surface area contributed by atoms with Crippen LogP contribution < -0.4 is 11.5 Å². The molecule has 1 aliphatic carbocycles. The van der Waals surface area contributed by atoms with Gasteiger partial charge in [0.2, 0.25) is 0 Å². The van der Waals surface area contributed by atoms with Crippen molar-refractivity contribution in [1.82, 2.24) is 4.98 Å². The minimum atomic E-state index is -1.05. The Bertz CT molecular complexity index is 472. The highest BCUT2D eigenvalue weighted by atomic mass is 19.1. The van der Waals surface area contributed by atoms with Crippen molar-refractivity contribution in [2.24, 2.45) is 5.73 Å². The number of carboxylic acid groups (broad SMARTS) is 1. The lowest BCUT2D eigenvalue weighted by molar-refractivity contribution is -0.136. The van der Waals surface area contributed by atoms with Crippen molar-refractivity contribution in [2.45, 2.75) is 31.2 Å². The average Bonchev–Trinajstić information content (AvgIpc) is 2.96. The molecule has 2 rings (SSSR count). The Balaban J connectivity index is 2.32. The number of nitrogen functional groups attached to an aromatic ring is 1. The summed E-state index contributed by atoms with van der Waals surface area (Å²) in [5.74, 6) is -1.57. The number of anilines is 1. The van der Waals surface area contributed by atoms with Crippen LogP contribution in [0.1, 0.15) is 24.1 Å². The highest BCUT2D eigenvalue weighted by molar-refractivity contribution is 5.72. The predicted octanol–water partition coefficient (Wildman–Crippen LogP) is 0.464. The summed E-state index contributed by atoms with van der Waals surface area (Å²) in [6.45, 7) is 0. The fraction of sp³-hybridized carbons (Fsp3) is 0.455. The van der Waals surface area contributed by atoms with Gasteiger partial charge in [-0.05, 0) is 19.3 Å². The van der Waals surface area contributed by atoms with Crippen LogP contribution in [0.4, 0.5) is 10.1 Å². The Morgan fingerprint density at radius 2 is 2.24 bits per heavy atom. The topological polar surface area (TPSA) is 102 Å². The van der Waals surface area contributed by atoms with Crippen LogP contribution in [0, 0.1) is 5.82 Å². The van der Waals surface area contributed by atoms with Gasteiger partial charge in [-0.25, -0.2) is 4.39 Å². The lowest BCUT2D eigenvalue weighted by atomic mass is 10.0. The molecule has 0 atom stereocenters. The van der Waals surface area contributed by atoms with Crippen molar-refractivity contribution in [2.75, 3.05) is 5.73 Å². The summed E-state index contributed by atoms with van der Waals surface area (Å²) in [4.78, 5) is 14.3. The number of aromatic nitrogens is 1. The van der Waals surface area contributed by atoms with E-state index in [0.717, 1.165) is 19.0 Å². The standard InChI is InChI=1S/C11H14FN3O2/c12-7-5-15-8(3-9(16)17)10(13)6(7)4-11(14)1-2-11/h5H,1-4,13-14H2,(H,16,17). The van der Waals surface area contributed by atoms with E-state index in [-0.39, 0.29) is 28.9 Å². The number of carboxylic acids is 1. The largest absolute Gasteiger partial charge is 0.481 e. The van der Waals surface area contributed by atoms with Crippen molar-refractivity contribution in [3.05, 3.63) is 23.3 Å². The molecule has 1 aromatic rings. The number of hydrogen-bond donors (Lipinski definition) is 3. The number of nitrogens with zero attached hydrogens (tertiary/aromatic N) is 1. The van der Waals surface area contributed by atoms with Gasteiger partial charge in [-0.15, -0.1) is 0 Å². The average molecular weight is 239 g/mol. The Labute approximate surface area is 97.6 Å². The Kier molecular flexibility index (Phi) is 2.74. The Morgan fingerprint density at radius 3 is 2.76 bits per heavy atom. The number of pyridine rings is 1. The zero-order chi connectivity index (χ0) is 12.6. The van der Waals surface area contributed by atoms with Crippen LogP contribution in [0.5, 0.6) is 0 Å². The first kappa shape index (κ1) is 11.8. The van der Waals surface area contributed by atoms with Crippen LogP contribution in [0.2, 0.25) is 0 Å². The molecule has 0 aromatic carbocycles. The van der Waals surface area contributed by atoms with Gasteiger partial charge >= 0.3 is 5.97 Å². The molecular formula is C11H14FN3O2. The van der Waals surface area contributed by atoms with Gasteiger partial charge in [-0.3, -0.25) is 9.78 Å². The number of hydrogen-bond acceptors (Lipinski definition) is 4. The number of halogens is 1. The third kappa shape index (κ3) is 2.52. The van der Waals surface area contributed by atoms with E-state index < -0.39 is 11.8 Å². The van der Waals surface area contributed by atoms with Crippen LogP contribution in [0.15, 0.2) is 6.20 Å². The zero-order valence-corrected chi connectivity index (χ0v) is 9.24. The lowest BCUT2D eigenvalue weighted by Gasteiger charge is -2.13.